The van der Waals surface area contributed by atoms with E-state index < -0.39 is 17.9 Å². The van der Waals surface area contributed by atoms with Crippen LogP contribution in [0.4, 0.5) is 0 Å². The van der Waals surface area contributed by atoms with Crippen molar-refractivity contribution in [2.45, 2.75) is 0 Å². The van der Waals surface area contributed by atoms with Gasteiger partial charge in [0.2, 0.25) is 0 Å². The van der Waals surface area contributed by atoms with Crippen LogP contribution in [0.3, 0.4) is 0 Å². The zero-order valence-electron chi connectivity index (χ0n) is 14.6. The molecule has 11 heteroatoms. The Labute approximate surface area is 175 Å². The zero-order chi connectivity index (χ0) is 20.1. The summed E-state index contributed by atoms with van der Waals surface area (Å²) in [6.07, 6.45) is 4.22. The maximum absolute atomic E-state index is 10.0. The van der Waals surface area contributed by atoms with Crippen LogP contribution in [-0.4, -0.2) is 38.3 Å². The van der Waals surface area contributed by atoms with E-state index in [1.807, 2.05) is 0 Å². The molecule has 0 amide bonds. The van der Waals surface area contributed by atoms with E-state index in [2.05, 4.69) is 15.0 Å². The fourth-order valence-electron chi connectivity index (χ4n) is 1.45. The first kappa shape index (κ1) is 27.5. The number of aromatic carboxylic acids is 3. The molecule has 3 aromatic rings. The van der Waals surface area contributed by atoms with Crippen LogP contribution in [-0.2, 0) is 16.8 Å². The van der Waals surface area contributed by atoms with E-state index in [1.165, 1.54) is 36.8 Å². The maximum atomic E-state index is 10.0. The van der Waals surface area contributed by atoms with Gasteiger partial charge in [-0.05, 0) is 36.4 Å². The van der Waals surface area contributed by atoms with Crippen molar-refractivity contribution in [2.75, 3.05) is 0 Å². The molecule has 0 atom stereocenters. The molecule has 0 aliphatic heterocycles. The number of hydrogen-bond donors (Lipinski definition) is 0. The molecule has 152 valence electrons. The second kappa shape index (κ2) is 15.4. The van der Waals surface area contributed by atoms with Crippen LogP contribution in [0.2, 0.25) is 0 Å². The molecule has 0 aliphatic rings. The van der Waals surface area contributed by atoms with Gasteiger partial charge >= 0.3 is 16.8 Å². The van der Waals surface area contributed by atoms with Gasteiger partial charge < -0.3 is 35.2 Å². The molecule has 0 radical (unpaired) electrons. The van der Waals surface area contributed by atoms with Gasteiger partial charge in [-0.15, -0.1) is 0 Å². The van der Waals surface area contributed by atoms with Gasteiger partial charge in [0.15, 0.2) is 0 Å². The molecule has 0 unspecified atom stereocenters. The molecule has 29 heavy (non-hydrogen) atoms. The molecule has 3 rings (SSSR count). The average Bonchev–Trinajstić information content (AvgIpc) is 2.71. The second-order valence-electron chi connectivity index (χ2n) is 4.51. The second-order valence-corrected chi connectivity index (χ2v) is 4.51. The van der Waals surface area contributed by atoms with Crippen molar-refractivity contribution in [2.24, 2.45) is 0 Å². The van der Waals surface area contributed by atoms with Crippen molar-refractivity contribution in [3.8, 4) is 0 Å². The number of rotatable bonds is 3. The van der Waals surface area contributed by atoms with E-state index in [0.717, 1.165) is 0 Å². The minimum Gasteiger partial charge on any atom is -0.543 e. The van der Waals surface area contributed by atoms with E-state index in [9.17, 15) is 29.7 Å². The van der Waals surface area contributed by atoms with Gasteiger partial charge in [-0.1, -0.05) is 18.2 Å². The fraction of sp³-hybridized carbons (Fsp3) is 0. The first-order valence-electron chi connectivity index (χ1n) is 7.29. The van der Waals surface area contributed by atoms with Crippen molar-refractivity contribution >= 4 is 17.9 Å². The first-order valence-corrected chi connectivity index (χ1v) is 7.29. The Morgan fingerprint density at radius 1 is 0.552 bits per heavy atom. The summed E-state index contributed by atoms with van der Waals surface area (Å²) in [5.74, 6) is -3.72. The van der Waals surface area contributed by atoms with E-state index in [1.54, 1.807) is 36.4 Å². The van der Waals surface area contributed by atoms with Crippen molar-refractivity contribution < 1.29 is 52.0 Å². The third kappa shape index (κ3) is 11.6. The van der Waals surface area contributed by atoms with Gasteiger partial charge in [0, 0.05) is 18.6 Å². The normalized spacial score (nSPS) is 8.28. The quantitative estimate of drug-likeness (QED) is 0.421. The summed E-state index contributed by atoms with van der Waals surface area (Å²) in [5, 5.41) is 30.1. The van der Waals surface area contributed by atoms with Crippen molar-refractivity contribution in [1.29, 1.82) is 0 Å². The average molecular weight is 443 g/mol. The molecule has 0 fully saturated rings. The maximum Gasteiger partial charge on any atom is 3.00 e. The van der Waals surface area contributed by atoms with Crippen LogP contribution in [0.25, 0.3) is 0 Å². The van der Waals surface area contributed by atoms with Gasteiger partial charge in [-0.3, -0.25) is 15.0 Å². The Hall–Kier alpha value is -3.67. The summed E-state index contributed by atoms with van der Waals surface area (Å²) in [7, 11) is 0. The molecule has 0 saturated carbocycles. The Morgan fingerprint density at radius 2 is 0.793 bits per heavy atom. The van der Waals surface area contributed by atoms with E-state index in [0.29, 0.717) is 0 Å². The molecule has 3 aromatic heterocycles. The minimum absolute atomic E-state index is 0. The van der Waals surface area contributed by atoms with Gasteiger partial charge in [-0.25, -0.2) is 0 Å². The topological polar surface area (TPSA) is 191 Å². The number of nitrogens with zero attached hydrogens (tertiary/aromatic N) is 3. The molecule has 0 spiro atoms. The van der Waals surface area contributed by atoms with Crippen LogP contribution >= 0.6 is 0 Å². The molecule has 0 saturated heterocycles. The summed E-state index contributed by atoms with van der Waals surface area (Å²) in [6, 6.07) is 13.9. The van der Waals surface area contributed by atoms with Crippen LogP contribution in [0.1, 0.15) is 31.5 Å². The van der Waals surface area contributed by atoms with Crippen LogP contribution in [0.15, 0.2) is 73.2 Å². The summed E-state index contributed by atoms with van der Waals surface area (Å²) in [5.41, 5.74) is -0.0903. The minimum atomic E-state index is -1.24. The van der Waals surface area contributed by atoms with Gasteiger partial charge in [0.05, 0.1) is 35.0 Å². The smallest absolute Gasteiger partial charge is 0.543 e. The predicted octanol–water partition coefficient (Wildman–Crippen LogP) is -2.49. The SMILES string of the molecule is O.O=C([O-])c1ccccn1.O=C([O-])c1ccccn1.O=C([O-])c1ccccn1.[Co+3]. The Kier molecular flexibility index (Phi) is 14.6. The number of carbonyl (C=O) groups excluding carboxylic acids is 3. The first-order chi connectivity index (χ1) is 12.9. The predicted molar refractivity (Wildman–Crippen MR) is 89.3 cm³/mol. The van der Waals surface area contributed by atoms with Crippen LogP contribution in [0, 0.1) is 0 Å². The third-order valence-electron chi connectivity index (χ3n) is 2.62. The largest absolute Gasteiger partial charge is 3.00 e. The summed E-state index contributed by atoms with van der Waals surface area (Å²) in [4.78, 5) is 40.6. The number of carboxylic acids is 3. The number of pyridine rings is 3. The van der Waals surface area contributed by atoms with Crippen molar-refractivity contribution in [3.05, 3.63) is 90.3 Å². The monoisotopic (exact) mass is 443 g/mol. The molecule has 0 bridgehead atoms. The Morgan fingerprint density at radius 3 is 0.897 bits per heavy atom. The van der Waals surface area contributed by atoms with Gasteiger partial charge in [-0.2, -0.15) is 0 Å². The standard InChI is InChI=1S/3C6H5NO2.Co.H2O/c3*8-6(9)5-3-1-2-4-7-5;;/h3*1-4H,(H,8,9);;1H2/q;;;+3;/p-3. The van der Waals surface area contributed by atoms with Crippen LogP contribution < -0.4 is 15.3 Å². The molecule has 3 heterocycles. The van der Waals surface area contributed by atoms with Gasteiger partial charge in [0.1, 0.15) is 0 Å². The summed E-state index contributed by atoms with van der Waals surface area (Å²) >= 11 is 0. The molecule has 10 nitrogen and oxygen atoms in total. The number of carbonyl (C=O) groups is 3. The molecule has 0 aliphatic carbocycles. The van der Waals surface area contributed by atoms with E-state index in [-0.39, 0.29) is 39.3 Å². The Bertz CT molecular complexity index is 749. The fourth-order valence-corrected chi connectivity index (χ4v) is 1.45. The molecule has 0 aromatic carbocycles. The summed E-state index contributed by atoms with van der Waals surface area (Å²) in [6.45, 7) is 0. The van der Waals surface area contributed by atoms with Crippen LogP contribution in [0.5, 0.6) is 0 Å². The zero-order valence-corrected chi connectivity index (χ0v) is 15.6. The van der Waals surface area contributed by atoms with Crippen molar-refractivity contribution in [3.63, 3.8) is 0 Å². The van der Waals surface area contributed by atoms with Crippen molar-refractivity contribution in [1.82, 2.24) is 15.0 Å². The molecule has 2 N–H and O–H groups in total. The molecular weight excluding hydrogens is 429 g/mol. The van der Waals surface area contributed by atoms with Gasteiger partial charge in [0.25, 0.3) is 0 Å². The van der Waals surface area contributed by atoms with E-state index >= 15 is 0 Å². The number of hydrogen-bond acceptors (Lipinski definition) is 9. The Balaban J connectivity index is 0. The molecular formula is C18H14CoN3O7. The summed E-state index contributed by atoms with van der Waals surface area (Å²) < 4.78 is 0. The number of aromatic nitrogens is 3. The third-order valence-corrected chi connectivity index (χ3v) is 2.62. The number of carboxylic acid groups (broad SMARTS) is 3. The van der Waals surface area contributed by atoms with E-state index in [4.69, 9.17) is 0 Å².